The fourth-order valence-electron chi connectivity index (χ4n) is 2.47. The van der Waals surface area contributed by atoms with E-state index in [0.717, 1.165) is 12.5 Å². The zero-order valence-electron chi connectivity index (χ0n) is 11.4. The number of rotatable bonds is 6. The van der Waals surface area contributed by atoms with Crippen LogP contribution in [0.4, 0.5) is 0 Å². The maximum atomic E-state index is 3.65. The molecule has 3 rings (SSSR count). The molecule has 1 aromatic heterocycles. The Morgan fingerprint density at radius 3 is 2.74 bits per heavy atom. The maximum Gasteiger partial charge on any atom is 0.0302 e. The normalized spacial score (nSPS) is 16.5. The second-order valence-corrected chi connectivity index (χ2v) is 6.62. The van der Waals surface area contributed by atoms with E-state index >= 15 is 0 Å². The Balaban J connectivity index is 1.55. The molecule has 0 saturated heterocycles. The topological polar surface area (TPSA) is 12.0 Å². The molecule has 2 heteroatoms. The first-order valence-corrected chi connectivity index (χ1v) is 8.05. The molecule has 0 radical (unpaired) electrons. The molecule has 1 fully saturated rings. The average molecular weight is 271 g/mol. The first-order valence-electron chi connectivity index (χ1n) is 7.17. The molecule has 1 atom stereocenters. The number of thiophene rings is 1. The minimum absolute atomic E-state index is 0.648. The third-order valence-electron chi connectivity index (χ3n) is 3.77. The van der Waals surface area contributed by atoms with Gasteiger partial charge in [-0.3, -0.25) is 0 Å². The lowest BCUT2D eigenvalue weighted by Gasteiger charge is -2.11. The molecule has 19 heavy (non-hydrogen) atoms. The van der Waals surface area contributed by atoms with Crippen molar-refractivity contribution >= 4 is 11.3 Å². The number of nitrogens with one attached hydrogen (secondary N) is 1. The minimum atomic E-state index is 0.648. The van der Waals surface area contributed by atoms with E-state index in [4.69, 9.17) is 0 Å². The Kier molecular flexibility index (Phi) is 4.00. The van der Waals surface area contributed by atoms with Crippen LogP contribution in [0.3, 0.4) is 0 Å². The van der Waals surface area contributed by atoms with Crippen molar-refractivity contribution < 1.29 is 0 Å². The van der Waals surface area contributed by atoms with Crippen LogP contribution in [-0.4, -0.2) is 6.04 Å². The van der Waals surface area contributed by atoms with Gasteiger partial charge in [0, 0.05) is 17.5 Å². The van der Waals surface area contributed by atoms with Gasteiger partial charge in [0.05, 0.1) is 0 Å². The van der Waals surface area contributed by atoms with Gasteiger partial charge in [0.1, 0.15) is 0 Å². The van der Waals surface area contributed by atoms with Gasteiger partial charge < -0.3 is 5.32 Å². The van der Waals surface area contributed by atoms with E-state index in [-0.39, 0.29) is 0 Å². The Hall–Kier alpha value is -1.12. The molecule has 100 valence electrons. The van der Waals surface area contributed by atoms with E-state index in [2.05, 4.69) is 54.0 Å². The van der Waals surface area contributed by atoms with Gasteiger partial charge in [-0.1, -0.05) is 43.2 Å². The standard InChI is InChI=1S/C17H21NS/c1-13(9-14-7-8-14)18-11-17-10-16(12-19-17)15-5-3-2-4-6-15/h2-6,10,12-14,18H,7-9,11H2,1H3. The first kappa shape index (κ1) is 12.9. The highest BCUT2D eigenvalue weighted by Gasteiger charge is 2.23. The van der Waals surface area contributed by atoms with Crippen LogP contribution in [0, 0.1) is 5.92 Å². The molecule has 1 saturated carbocycles. The van der Waals surface area contributed by atoms with Gasteiger partial charge in [0.15, 0.2) is 0 Å². The Morgan fingerprint density at radius 2 is 2.00 bits per heavy atom. The van der Waals surface area contributed by atoms with Crippen LogP contribution in [0.25, 0.3) is 11.1 Å². The SMILES string of the molecule is CC(CC1CC1)NCc1cc(-c2ccccc2)cs1. The van der Waals surface area contributed by atoms with Crippen LogP contribution < -0.4 is 5.32 Å². The average Bonchev–Trinajstić information content (AvgIpc) is 3.12. The van der Waals surface area contributed by atoms with Crippen LogP contribution in [0.5, 0.6) is 0 Å². The first-order chi connectivity index (χ1) is 9.31. The number of hydrogen-bond donors (Lipinski definition) is 1. The van der Waals surface area contributed by atoms with Crippen LogP contribution in [0.2, 0.25) is 0 Å². The van der Waals surface area contributed by atoms with Gasteiger partial charge in [-0.2, -0.15) is 0 Å². The minimum Gasteiger partial charge on any atom is -0.309 e. The van der Waals surface area contributed by atoms with Crippen molar-refractivity contribution in [2.75, 3.05) is 0 Å². The molecule has 1 nitrogen and oxygen atoms in total. The summed E-state index contributed by atoms with van der Waals surface area (Å²) in [5.74, 6) is 1.01. The molecule has 2 aromatic rings. The fraction of sp³-hybridized carbons (Fsp3) is 0.412. The summed E-state index contributed by atoms with van der Waals surface area (Å²) in [6.45, 7) is 3.31. The van der Waals surface area contributed by atoms with Crippen molar-refractivity contribution in [1.29, 1.82) is 0 Å². The van der Waals surface area contributed by atoms with Crippen LogP contribution >= 0.6 is 11.3 Å². The third kappa shape index (κ3) is 3.68. The van der Waals surface area contributed by atoms with Crippen molar-refractivity contribution in [2.45, 2.75) is 38.8 Å². The van der Waals surface area contributed by atoms with Gasteiger partial charge in [0.2, 0.25) is 0 Å². The highest BCUT2D eigenvalue weighted by atomic mass is 32.1. The summed E-state index contributed by atoms with van der Waals surface area (Å²) >= 11 is 1.86. The highest BCUT2D eigenvalue weighted by molar-refractivity contribution is 7.10. The van der Waals surface area contributed by atoms with Gasteiger partial charge in [-0.05, 0) is 41.8 Å². The molecule has 0 aliphatic heterocycles. The molecular weight excluding hydrogens is 250 g/mol. The number of benzene rings is 1. The molecule has 0 amide bonds. The summed E-state index contributed by atoms with van der Waals surface area (Å²) in [5.41, 5.74) is 2.66. The monoisotopic (exact) mass is 271 g/mol. The summed E-state index contributed by atoms with van der Waals surface area (Å²) in [5, 5.41) is 5.91. The van der Waals surface area contributed by atoms with E-state index in [0.29, 0.717) is 6.04 Å². The summed E-state index contributed by atoms with van der Waals surface area (Å²) in [4.78, 5) is 1.43. The van der Waals surface area contributed by atoms with Crippen LogP contribution in [0.1, 0.15) is 31.1 Å². The summed E-state index contributed by atoms with van der Waals surface area (Å²) in [6.07, 6.45) is 4.24. The van der Waals surface area contributed by atoms with Crippen molar-refractivity contribution in [1.82, 2.24) is 5.32 Å². The zero-order valence-corrected chi connectivity index (χ0v) is 12.2. The lowest BCUT2D eigenvalue weighted by Crippen LogP contribution is -2.25. The Morgan fingerprint density at radius 1 is 1.21 bits per heavy atom. The highest BCUT2D eigenvalue weighted by Crippen LogP contribution is 2.33. The van der Waals surface area contributed by atoms with Gasteiger partial charge in [-0.25, -0.2) is 0 Å². The number of hydrogen-bond acceptors (Lipinski definition) is 2. The third-order valence-corrected chi connectivity index (χ3v) is 4.71. The summed E-state index contributed by atoms with van der Waals surface area (Å²) in [7, 11) is 0. The predicted molar refractivity (Wildman–Crippen MR) is 83.4 cm³/mol. The molecule has 1 aliphatic rings. The van der Waals surface area contributed by atoms with Gasteiger partial charge in [-0.15, -0.1) is 11.3 Å². The van der Waals surface area contributed by atoms with Gasteiger partial charge in [0.25, 0.3) is 0 Å². The summed E-state index contributed by atoms with van der Waals surface area (Å²) < 4.78 is 0. The van der Waals surface area contributed by atoms with Crippen LogP contribution in [-0.2, 0) is 6.54 Å². The largest absolute Gasteiger partial charge is 0.309 e. The van der Waals surface area contributed by atoms with Crippen molar-refractivity contribution in [3.05, 3.63) is 46.7 Å². The fourth-order valence-corrected chi connectivity index (χ4v) is 3.31. The van der Waals surface area contributed by atoms with Gasteiger partial charge >= 0.3 is 0 Å². The molecule has 1 heterocycles. The van der Waals surface area contributed by atoms with E-state index in [1.165, 1.54) is 35.3 Å². The molecule has 1 N–H and O–H groups in total. The molecule has 0 spiro atoms. The molecule has 1 unspecified atom stereocenters. The van der Waals surface area contributed by atoms with Crippen LogP contribution in [0.15, 0.2) is 41.8 Å². The van der Waals surface area contributed by atoms with E-state index < -0.39 is 0 Å². The van der Waals surface area contributed by atoms with Crippen molar-refractivity contribution in [2.24, 2.45) is 5.92 Å². The second kappa shape index (κ2) is 5.89. The molecule has 0 bridgehead atoms. The quantitative estimate of drug-likeness (QED) is 0.803. The molecule has 1 aromatic carbocycles. The van der Waals surface area contributed by atoms with E-state index in [1.807, 2.05) is 11.3 Å². The maximum absolute atomic E-state index is 3.65. The summed E-state index contributed by atoms with van der Waals surface area (Å²) in [6, 6.07) is 13.6. The van der Waals surface area contributed by atoms with E-state index in [9.17, 15) is 0 Å². The van der Waals surface area contributed by atoms with Crippen molar-refractivity contribution in [3.8, 4) is 11.1 Å². The predicted octanol–water partition coefficient (Wildman–Crippen LogP) is 4.69. The lowest BCUT2D eigenvalue weighted by molar-refractivity contribution is 0.490. The second-order valence-electron chi connectivity index (χ2n) is 5.63. The Labute approximate surface area is 119 Å². The smallest absolute Gasteiger partial charge is 0.0302 e. The Bertz CT molecular complexity index is 513. The molecular formula is C17H21NS. The van der Waals surface area contributed by atoms with E-state index in [1.54, 1.807) is 0 Å². The molecule has 1 aliphatic carbocycles. The lowest BCUT2D eigenvalue weighted by atomic mass is 10.1. The van der Waals surface area contributed by atoms with Crippen molar-refractivity contribution in [3.63, 3.8) is 0 Å². The zero-order chi connectivity index (χ0) is 13.1.